The Kier molecular flexibility index (Phi) is 25.1. The Hall–Kier alpha value is -4.77. The number of carboxylic acid groups (broad SMARTS) is 2. The molecule has 4 aliphatic rings. The Bertz CT molecular complexity index is 1940. The summed E-state index contributed by atoms with van der Waals surface area (Å²) in [5, 5.41) is 32.5. The molecule has 0 unspecified atom stereocenters. The van der Waals surface area contributed by atoms with Crippen LogP contribution < -0.4 is 38.5 Å². The van der Waals surface area contributed by atoms with E-state index in [4.69, 9.17) is 26.7 Å². The number of unbranched alkanes of at least 4 members (excludes halogenated alkanes) is 4. The van der Waals surface area contributed by atoms with Gasteiger partial charge in [-0.15, -0.1) is 0 Å². The number of anilines is 2. The van der Waals surface area contributed by atoms with Gasteiger partial charge in [0.25, 0.3) is 0 Å². The van der Waals surface area contributed by atoms with E-state index in [9.17, 15) is 43.8 Å². The Balaban J connectivity index is 1.03. The van der Waals surface area contributed by atoms with Gasteiger partial charge in [-0.2, -0.15) is 23.5 Å². The second kappa shape index (κ2) is 31.1. The van der Waals surface area contributed by atoms with Crippen molar-refractivity contribution in [2.45, 2.75) is 163 Å². The number of nitrogens with zero attached hydrogens (tertiary/aromatic N) is 2. The lowest BCUT2D eigenvalue weighted by atomic mass is 9.93. The van der Waals surface area contributed by atoms with Crippen molar-refractivity contribution in [3.63, 3.8) is 0 Å². The van der Waals surface area contributed by atoms with Crippen molar-refractivity contribution in [2.24, 2.45) is 39.0 Å². The molecule has 400 valence electrons. The number of aliphatic carboxylic acids is 2. The molecule has 5 rings (SSSR count). The highest BCUT2D eigenvalue weighted by molar-refractivity contribution is 8.00. The summed E-state index contributed by atoms with van der Waals surface area (Å²) in [5.41, 5.74) is 17.9. The quantitative estimate of drug-likeness (QED) is 0.0322. The first-order valence-corrected chi connectivity index (χ1v) is 27.8. The van der Waals surface area contributed by atoms with Gasteiger partial charge in [0.1, 0.15) is 11.6 Å². The summed E-state index contributed by atoms with van der Waals surface area (Å²) in [4.78, 5) is 98.4. The number of guanidine groups is 2. The number of Topliss-reactive ketones (excluding diaryl/α,β-unsaturated/α-hetero) is 3. The highest BCUT2D eigenvalue weighted by atomic mass is 32.2. The SMILES string of the molecule is NCCOCCOCCCC(=O)c1cc(NC(=O)CCCC[C@H](CC(=O)CCCC[C@@H]2SC[C@@H]3NC(N)=N[C@@H]32)C(=O)O)cc(NC(=O)CCCC[C@H](CC(=O)CCCC[C@@H]2SC[C@@H]3NC(N)=N[C@@H]32)C(=O)O)c1. The number of fused-ring (bicyclic) bond motifs is 2. The van der Waals surface area contributed by atoms with E-state index in [0.29, 0.717) is 113 Å². The number of aliphatic imine (C=N–C) groups is 2. The zero-order chi connectivity index (χ0) is 51.8. The van der Waals surface area contributed by atoms with E-state index in [2.05, 4.69) is 31.3 Å². The average molecular weight is 1040 g/mol. The maximum Gasteiger partial charge on any atom is 0.306 e. The van der Waals surface area contributed by atoms with Gasteiger partial charge in [0, 0.05) is 97.0 Å². The summed E-state index contributed by atoms with van der Waals surface area (Å²) in [6.07, 6.45) is 8.13. The molecule has 0 bridgehead atoms. The van der Waals surface area contributed by atoms with Crippen LogP contribution >= 0.6 is 23.5 Å². The first kappa shape index (κ1) is 58.1. The minimum atomic E-state index is -1.04. The fourth-order valence-corrected chi connectivity index (χ4v) is 12.6. The molecular weight excluding hydrogens is 967 g/mol. The van der Waals surface area contributed by atoms with Gasteiger partial charge in [0.15, 0.2) is 17.7 Å². The van der Waals surface area contributed by atoms with Gasteiger partial charge >= 0.3 is 11.9 Å². The van der Waals surface area contributed by atoms with Crippen LogP contribution in [0.4, 0.5) is 11.4 Å². The molecule has 0 aliphatic carbocycles. The number of nitrogens with two attached hydrogens (primary N) is 3. The third kappa shape index (κ3) is 20.3. The van der Waals surface area contributed by atoms with Crippen molar-refractivity contribution < 1.29 is 53.2 Å². The van der Waals surface area contributed by atoms with Crippen LogP contribution in [-0.4, -0.2) is 142 Å². The number of amides is 2. The summed E-state index contributed by atoms with van der Waals surface area (Å²) < 4.78 is 10.9. The van der Waals surface area contributed by atoms with Crippen LogP contribution in [0.25, 0.3) is 0 Å². The molecular formula is C50H77N9O11S2. The Morgan fingerprint density at radius 2 is 1.07 bits per heavy atom. The third-order valence-corrected chi connectivity index (χ3v) is 16.4. The number of nitrogens with one attached hydrogen (secondary N) is 4. The summed E-state index contributed by atoms with van der Waals surface area (Å²) in [6.45, 7) is 1.90. The van der Waals surface area contributed by atoms with Crippen molar-refractivity contribution in [2.75, 3.05) is 55.1 Å². The van der Waals surface area contributed by atoms with Crippen molar-refractivity contribution >= 4 is 87.9 Å². The minimum absolute atomic E-state index is 0.0582. The summed E-state index contributed by atoms with van der Waals surface area (Å²) in [5.74, 6) is -2.05. The van der Waals surface area contributed by atoms with Crippen LogP contribution in [0.15, 0.2) is 28.2 Å². The topological polar surface area (TPSA) is 329 Å². The zero-order valence-electron chi connectivity index (χ0n) is 41.5. The van der Waals surface area contributed by atoms with Gasteiger partial charge in [-0.1, -0.05) is 25.7 Å². The van der Waals surface area contributed by atoms with Crippen LogP contribution in [0.5, 0.6) is 0 Å². The number of carbonyl (C=O) groups excluding carboxylic acids is 5. The Morgan fingerprint density at radius 1 is 0.611 bits per heavy atom. The van der Waals surface area contributed by atoms with E-state index in [1.807, 2.05) is 23.5 Å². The van der Waals surface area contributed by atoms with Gasteiger partial charge in [0.2, 0.25) is 11.8 Å². The van der Waals surface area contributed by atoms with Crippen molar-refractivity contribution in [3.05, 3.63) is 23.8 Å². The Morgan fingerprint density at radius 3 is 1.53 bits per heavy atom. The molecule has 2 amide bonds. The second-order valence-electron chi connectivity index (χ2n) is 19.2. The maximum absolute atomic E-state index is 13.4. The minimum Gasteiger partial charge on any atom is -0.481 e. The molecule has 20 nitrogen and oxygen atoms in total. The number of thioether (sulfide) groups is 2. The first-order chi connectivity index (χ1) is 34.7. The number of hydrogen-bond donors (Lipinski definition) is 9. The molecule has 0 aromatic heterocycles. The molecule has 4 heterocycles. The highest BCUT2D eigenvalue weighted by Crippen LogP contribution is 2.36. The molecule has 22 heteroatoms. The second-order valence-corrected chi connectivity index (χ2v) is 21.8. The number of hydrogen-bond acceptors (Lipinski definition) is 18. The predicted octanol–water partition coefficient (Wildman–Crippen LogP) is 4.62. The molecule has 8 atom stereocenters. The normalized spacial score (nSPS) is 21.6. The molecule has 12 N–H and O–H groups in total. The monoisotopic (exact) mass is 1040 g/mol. The van der Waals surface area contributed by atoms with Crippen LogP contribution in [0, 0.1) is 11.8 Å². The van der Waals surface area contributed by atoms with Gasteiger partial charge in [-0.25, -0.2) is 9.98 Å². The number of rotatable bonds is 38. The van der Waals surface area contributed by atoms with E-state index < -0.39 is 23.8 Å². The molecule has 0 radical (unpaired) electrons. The van der Waals surface area contributed by atoms with Crippen LogP contribution in [0.3, 0.4) is 0 Å². The standard InChI is InChI=1S/C50H77N9O11S2/c51-19-21-70-23-22-69-20-9-14-40(62)33-24-34(54-43(63)17-7-1-10-31(47(65)66)26-36(60)12-3-5-15-41-45-38(29-71-41)56-49(52)58-45)28-35(25-33)55-44(64)18-8-2-11-32(48(67)68)27-37(61)13-4-6-16-42-46-39(30-72-42)57-50(53)59-46/h24-25,28,31-32,38-39,41-42,45-46H,1-23,26-27,29-30,51H2,(H,54,63)(H,55,64)(H,65,66)(H,67,68)(H3,52,56,58)(H3,53,57,59)/t31-,32-,38+,39+,41+,42+,45+,46+/m1/s1. The van der Waals surface area contributed by atoms with E-state index in [1.165, 1.54) is 0 Å². The molecule has 2 saturated heterocycles. The summed E-state index contributed by atoms with van der Waals surface area (Å²) in [7, 11) is 0. The van der Waals surface area contributed by atoms with Gasteiger partial charge in [-0.3, -0.25) is 33.6 Å². The fraction of sp³-hybridized carbons (Fsp3) is 0.700. The first-order valence-electron chi connectivity index (χ1n) is 25.7. The number of ether oxygens (including phenoxy) is 2. The van der Waals surface area contributed by atoms with Gasteiger partial charge in [0.05, 0.1) is 55.8 Å². The Labute approximate surface area is 431 Å². The van der Waals surface area contributed by atoms with E-state index in [0.717, 1.165) is 37.2 Å². The molecule has 0 saturated carbocycles. The van der Waals surface area contributed by atoms with Gasteiger partial charge in [-0.05, 0) is 76.0 Å². The molecule has 72 heavy (non-hydrogen) atoms. The highest BCUT2D eigenvalue weighted by Gasteiger charge is 2.41. The predicted molar refractivity (Wildman–Crippen MR) is 280 cm³/mol. The van der Waals surface area contributed by atoms with Crippen LogP contribution in [0.1, 0.15) is 139 Å². The van der Waals surface area contributed by atoms with E-state index >= 15 is 0 Å². The lowest BCUT2D eigenvalue weighted by Crippen LogP contribution is -2.38. The zero-order valence-corrected chi connectivity index (χ0v) is 43.1. The summed E-state index contributed by atoms with van der Waals surface area (Å²) in [6, 6.07) is 5.49. The number of carboxylic acids is 2. The summed E-state index contributed by atoms with van der Waals surface area (Å²) >= 11 is 3.73. The van der Waals surface area contributed by atoms with E-state index in [1.54, 1.807) is 18.2 Å². The molecule has 0 spiro atoms. The maximum atomic E-state index is 13.4. The molecule has 1 aromatic carbocycles. The fourth-order valence-electron chi connectivity index (χ4n) is 9.58. The smallest absolute Gasteiger partial charge is 0.306 e. The van der Waals surface area contributed by atoms with E-state index in [-0.39, 0.29) is 115 Å². The number of ketones is 3. The average Bonchev–Trinajstić information content (AvgIpc) is 4.10. The third-order valence-electron chi connectivity index (χ3n) is 13.4. The molecule has 1 aromatic rings. The largest absolute Gasteiger partial charge is 0.481 e. The van der Waals surface area contributed by atoms with Crippen molar-refractivity contribution in [3.8, 4) is 0 Å². The van der Waals surface area contributed by atoms with Crippen molar-refractivity contribution in [1.29, 1.82) is 0 Å². The van der Waals surface area contributed by atoms with Crippen LogP contribution in [-0.2, 0) is 38.2 Å². The number of carbonyl (C=O) groups is 7. The molecule has 2 fully saturated rings. The van der Waals surface area contributed by atoms with Crippen LogP contribution in [0.2, 0.25) is 0 Å². The van der Waals surface area contributed by atoms with Crippen molar-refractivity contribution in [1.82, 2.24) is 10.6 Å². The lowest BCUT2D eigenvalue weighted by molar-refractivity contribution is -0.144. The lowest BCUT2D eigenvalue weighted by Gasteiger charge is -2.15. The van der Waals surface area contributed by atoms with Gasteiger partial charge < -0.3 is 58.2 Å². The number of benzene rings is 1. The molecule has 4 aliphatic heterocycles.